The largest absolute Gasteiger partial charge is 0.497 e. The highest BCUT2D eigenvalue weighted by Crippen LogP contribution is 2.29. The average molecular weight is 433 g/mol. The third-order valence-corrected chi connectivity index (χ3v) is 7.23. The summed E-state index contributed by atoms with van der Waals surface area (Å²) >= 11 is 0.806. The molecule has 0 saturated carbocycles. The van der Waals surface area contributed by atoms with E-state index < -0.39 is 15.9 Å². The first kappa shape index (κ1) is 20.7. The SMILES string of the molecule is CCN(c1ccccc1C)S(=O)(=O)c1nnc(NC(=O)c2ccc(OC)cc2)s1. The van der Waals surface area contributed by atoms with Gasteiger partial charge in [0, 0.05) is 12.1 Å². The number of hydrogen-bond donors (Lipinski definition) is 1. The summed E-state index contributed by atoms with van der Waals surface area (Å²) in [5, 5.41) is 10.3. The van der Waals surface area contributed by atoms with E-state index in [4.69, 9.17) is 4.74 Å². The van der Waals surface area contributed by atoms with Gasteiger partial charge in [-0.1, -0.05) is 29.5 Å². The minimum absolute atomic E-state index is 0.102. The van der Waals surface area contributed by atoms with Crippen LogP contribution < -0.4 is 14.4 Å². The molecule has 29 heavy (non-hydrogen) atoms. The highest BCUT2D eigenvalue weighted by atomic mass is 32.2. The molecule has 0 fully saturated rings. The molecule has 0 unspecified atom stereocenters. The third-order valence-electron chi connectivity index (χ3n) is 4.16. The molecule has 0 aliphatic heterocycles. The van der Waals surface area contributed by atoms with E-state index in [2.05, 4.69) is 15.5 Å². The summed E-state index contributed by atoms with van der Waals surface area (Å²) in [6.07, 6.45) is 0. The Kier molecular flexibility index (Phi) is 6.14. The Hall–Kier alpha value is -2.98. The van der Waals surface area contributed by atoms with E-state index in [9.17, 15) is 13.2 Å². The number of benzene rings is 2. The molecule has 0 aliphatic carbocycles. The number of aryl methyl sites for hydroxylation is 1. The lowest BCUT2D eigenvalue weighted by Crippen LogP contribution is -2.31. The number of methoxy groups -OCH3 is 1. The van der Waals surface area contributed by atoms with Gasteiger partial charge in [0.05, 0.1) is 12.8 Å². The molecule has 1 aromatic heterocycles. The number of nitrogens with zero attached hydrogens (tertiary/aromatic N) is 3. The normalized spacial score (nSPS) is 11.1. The zero-order valence-electron chi connectivity index (χ0n) is 16.1. The summed E-state index contributed by atoms with van der Waals surface area (Å²) in [6, 6.07) is 13.7. The van der Waals surface area contributed by atoms with Gasteiger partial charge in [0.25, 0.3) is 20.3 Å². The van der Waals surface area contributed by atoms with Crippen molar-refractivity contribution in [2.24, 2.45) is 0 Å². The number of hydrogen-bond acceptors (Lipinski definition) is 7. The Morgan fingerprint density at radius 3 is 2.45 bits per heavy atom. The molecule has 0 atom stereocenters. The smallest absolute Gasteiger partial charge is 0.293 e. The number of rotatable bonds is 7. The number of carbonyl (C=O) groups is 1. The van der Waals surface area contributed by atoms with E-state index in [1.165, 1.54) is 11.4 Å². The summed E-state index contributed by atoms with van der Waals surface area (Å²) in [4.78, 5) is 12.4. The van der Waals surface area contributed by atoms with E-state index >= 15 is 0 Å². The molecule has 8 nitrogen and oxygen atoms in total. The first-order valence-corrected chi connectivity index (χ1v) is 11.0. The summed E-state index contributed by atoms with van der Waals surface area (Å²) in [7, 11) is -2.37. The second kappa shape index (κ2) is 8.58. The van der Waals surface area contributed by atoms with Crippen molar-refractivity contribution in [1.82, 2.24) is 10.2 Å². The molecule has 152 valence electrons. The molecule has 0 aliphatic rings. The molecule has 3 aromatic rings. The Morgan fingerprint density at radius 1 is 1.14 bits per heavy atom. The Labute approximate surface area is 173 Å². The fourth-order valence-corrected chi connectivity index (χ4v) is 5.22. The molecule has 0 saturated heterocycles. The van der Waals surface area contributed by atoms with Gasteiger partial charge in [-0.15, -0.1) is 10.2 Å². The van der Waals surface area contributed by atoms with Crippen LogP contribution >= 0.6 is 11.3 Å². The van der Waals surface area contributed by atoms with Crippen LogP contribution in [0.3, 0.4) is 0 Å². The minimum atomic E-state index is -3.90. The van der Waals surface area contributed by atoms with Crippen LogP contribution in [0.15, 0.2) is 52.9 Å². The zero-order valence-corrected chi connectivity index (χ0v) is 17.8. The fraction of sp³-hybridized carbons (Fsp3) is 0.211. The van der Waals surface area contributed by atoms with Gasteiger partial charge in [0.1, 0.15) is 5.75 Å². The quantitative estimate of drug-likeness (QED) is 0.575. The molecule has 1 heterocycles. The van der Waals surface area contributed by atoms with Crippen molar-refractivity contribution in [3.05, 3.63) is 59.7 Å². The number of carbonyl (C=O) groups excluding carboxylic acids is 1. The number of anilines is 2. The molecule has 0 bridgehead atoms. The topological polar surface area (TPSA) is 101 Å². The van der Waals surface area contributed by atoms with Crippen LogP contribution in [0, 0.1) is 6.92 Å². The maximum Gasteiger partial charge on any atom is 0.293 e. The van der Waals surface area contributed by atoms with Crippen molar-refractivity contribution in [3.8, 4) is 5.75 Å². The van der Waals surface area contributed by atoms with Gasteiger partial charge in [-0.25, -0.2) is 0 Å². The Balaban J connectivity index is 1.82. The Morgan fingerprint density at radius 2 is 1.83 bits per heavy atom. The lowest BCUT2D eigenvalue weighted by molar-refractivity contribution is 0.102. The monoisotopic (exact) mass is 432 g/mol. The molecule has 0 spiro atoms. The number of amides is 1. The average Bonchev–Trinajstić information content (AvgIpc) is 3.19. The van der Waals surface area contributed by atoms with Crippen molar-refractivity contribution in [2.45, 2.75) is 18.2 Å². The number of nitrogens with one attached hydrogen (secondary N) is 1. The van der Waals surface area contributed by atoms with Gasteiger partial charge in [0.2, 0.25) is 5.13 Å². The predicted octanol–water partition coefficient (Wildman–Crippen LogP) is 3.32. The van der Waals surface area contributed by atoms with Gasteiger partial charge < -0.3 is 4.74 Å². The van der Waals surface area contributed by atoms with Gasteiger partial charge in [-0.2, -0.15) is 8.42 Å². The van der Waals surface area contributed by atoms with Gasteiger partial charge in [-0.05, 0) is 49.7 Å². The van der Waals surface area contributed by atoms with Gasteiger partial charge >= 0.3 is 0 Å². The lowest BCUT2D eigenvalue weighted by Gasteiger charge is -2.22. The van der Waals surface area contributed by atoms with Crippen molar-refractivity contribution < 1.29 is 17.9 Å². The minimum Gasteiger partial charge on any atom is -0.497 e. The highest BCUT2D eigenvalue weighted by molar-refractivity contribution is 7.94. The predicted molar refractivity (Wildman–Crippen MR) is 112 cm³/mol. The van der Waals surface area contributed by atoms with Crippen molar-refractivity contribution in [2.75, 3.05) is 23.3 Å². The first-order valence-electron chi connectivity index (χ1n) is 8.74. The van der Waals surface area contributed by atoms with E-state index in [1.807, 2.05) is 19.1 Å². The number of para-hydroxylation sites is 1. The summed E-state index contributed by atoms with van der Waals surface area (Å²) < 4.78 is 32.3. The molecule has 2 aromatic carbocycles. The van der Waals surface area contributed by atoms with Crippen LogP contribution in [0.25, 0.3) is 0 Å². The van der Waals surface area contributed by atoms with Gasteiger partial charge in [-0.3, -0.25) is 14.4 Å². The van der Waals surface area contributed by atoms with Crippen molar-refractivity contribution in [3.63, 3.8) is 0 Å². The highest BCUT2D eigenvalue weighted by Gasteiger charge is 2.29. The molecule has 0 radical (unpaired) electrons. The Bertz CT molecular complexity index is 1110. The van der Waals surface area contributed by atoms with E-state index in [1.54, 1.807) is 43.3 Å². The van der Waals surface area contributed by atoms with E-state index in [0.717, 1.165) is 16.9 Å². The standard InChI is InChI=1S/C19H20N4O4S2/c1-4-23(16-8-6-5-7-13(16)2)29(25,26)19-22-21-18(28-19)20-17(24)14-9-11-15(27-3)12-10-14/h5-12H,4H2,1-3H3,(H,20,21,24). The summed E-state index contributed by atoms with van der Waals surface area (Å²) in [6.45, 7) is 3.83. The molecular formula is C19H20N4O4S2. The van der Waals surface area contributed by atoms with E-state index in [-0.39, 0.29) is 16.0 Å². The van der Waals surface area contributed by atoms with Crippen LogP contribution in [0.4, 0.5) is 10.8 Å². The van der Waals surface area contributed by atoms with Crippen molar-refractivity contribution >= 4 is 38.1 Å². The maximum absolute atomic E-state index is 13.1. The van der Waals surface area contributed by atoms with Crippen LogP contribution in [0.2, 0.25) is 0 Å². The third kappa shape index (κ3) is 4.38. The van der Waals surface area contributed by atoms with Crippen LogP contribution in [0.1, 0.15) is 22.8 Å². The molecular weight excluding hydrogens is 412 g/mol. The second-order valence-corrected chi connectivity index (χ2v) is 9.03. The summed E-state index contributed by atoms with van der Waals surface area (Å²) in [5.74, 6) is 0.209. The van der Waals surface area contributed by atoms with Gasteiger partial charge in [0.15, 0.2) is 0 Å². The summed E-state index contributed by atoms with van der Waals surface area (Å²) in [5.41, 5.74) is 1.80. The van der Waals surface area contributed by atoms with E-state index in [0.29, 0.717) is 17.0 Å². The van der Waals surface area contributed by atoms with Crippen LogP contribution in [-0.2, 0) is 10.0 Å². The lowest BCUT2D eigenvalue weighted by atomic mass is 10.2. The fourth-order valence-electron chi connectivity index (χ4n) is 2.68. The maximum atomic E-state index is 13.1. The number of ether oxygens (including phenoxy) is 1. The molecule has 10 heteroatoms. The van der Waals surface area contributed by atoms with Crippen LogP contribution in [0.5, 0.6) is 5.75 Å². The van der Waals surface area contributed by atoms with Crippen LogP contribution in [-0.4, -0.2) is 38.2 Å². The molecule has 1 amide bonds. The molecule has 3 rings (SSSR count). The second-order valence-electron chi connectivity index (χ2n) is 6.01. The van der Waals surface area contributed by atoms with Crippen molar-refractivity contribution in [1.29, 1.82) is 0 Å². The number of aromatic nitrogens is 2. The number of sulfonamides is 1. The first-order chi connectivity index (χ1) is 13.9. The zero-order chi connectivity index (χ0) is 21.0. The molecule has 1 N–H and O–H groups in total.